The number of pyridine rings is 2. The van der Waals surface area contributed by atoms with Gasteiger partial charge in [-0.15, -0.1) is 11.8 Å². The molecule has 4 heteroatoms. The van der Waals surface area contributed by atoms with Crippen molar-refractivity contribution in [1.82, 2.24) is 9.97 Å². The van der Waals surface area contributed by atoms with Crippen molar-refractivity contribution in [2.75, 3.05) is 6.26 Å². The van der Waals surface area contributed by atoms with Gasteiger partial charge in [-0.2, -0.15) is 5.26 Å². The maximum absolute atomic E-state index is 8.90. The molecular formula is C12H9N3S. The number of nitrogens with zero attached hydrogens (tertiary/aromatic N) is 3. The topological polar surface area (TPSA) is 49.6 Å². The number of hydrogen-bond donors (Lipinski definition) is 0. The second-order valence-corrected chi connectivity index (χ2v) is 3.97. The lowest BCUT2D eigenvalue weighted by atomic mass is 10.2. The third kappa shape index (κ3) is 2.05. The Kier molecular flexibility index (Phi) is 3.18. The first-order valence-corrected chi connectivity index (χ1v) is 5.92. The lowest BCUT2D eigenvalue weighted by molar-refractivity contribution is 1.22. The molecule has 2 aromatic rings. The normalized spacial score (nSPS) is 9.75. The van der Waals surface area contributed by atoms with Gasteiger partial charge in [0.05, 0.1) is 11.3 Å². The number of aromatic nitrogens is 2. The molecule has 0 aromatic carbocycles. The van der Waals surface area contributed by atoms with Crippen molar-refractivity contribution < 1.29 is 0 Å². The van der Waals surface area contributed by atoms with Gasteiger partial charge in [-0.3, -0.25) is 9.97 Å². The van der Waals surface area contributed by atoms with E-state index < -0.39 is 0 Å². The molecule has 0 fully saturated rings. The number of hydrogen-bond acceptors (Lipinski definition) is 4. The van der Waals surface area contributed by atoms with E-state index in [-0.39, 0.29) is 0 Å². The molecule has 0 unspecified atom stereocenters. The Bertz CT molecular complexity index is 532. The monoisotopic (exact) mass is 227 g/mol. The van der Waals surface area contributed by atoms with Gasteiger partial charge in [-0.05, 0) is 24.5 Å². The molecule has 0 aliphatic rings. The lowest BCUT2D eigenvalue weighted by Crippen LogP contribution is -1.88. The first-order valence-electron chi connectivity index (χ1n) is 4.69. The van der Waals surface area contributed by atoms with Crippen molar-refractivity contribution in [3.05, 3.63) is 42.4 Å². The van der Waals surface area contributed by atoms with Gasteiger partial charge >= 0.3 is 0 Å². The zero-order valence-corrected chi connectivity index (χ0v) is 9.53. The van der Waals surface area contributed by atoms with Crippen molar-refractivity contribution in [2.45, 2.75) is 4.90 Å². The molecule has 2 heterocycles. The molecule has 0 N–H and O–H groups in total. The highest BCUT2D eigenvalue weighted by Crippen LogP contribution is 2.24. The van der Waals surface area contributed by atoms with Crippen LogP contribution in [0.15, 0.2) is 41.7 Å². The van der Waals surface area contributed by atoms with Gasteiger partial charge in [0.15, 0.2) is 0 Å². The van der Waals surface area contributed by atoms with Gasteiger partial charge in [-0.1, -0.05) is 0 Å². The van der Waals surface area contributed by atoms with Crippen LogP contribution in [0.1, 0.15) is 5.56 Å². The fraction of sp³-hybridized carbons (Fsp3) is 0.0833. The third-order valence-electron chi connectivity index (χ3n) is 2.16. The van der Waals surface area contributed by atoms with Gasteiger partial charge in [0.2, 0.25) is 0 Å². The second-order valence-electron chi connectivity index (χ2n) is 3.12. The Hall–Kier alpha value is -1.86. The zero-order valence-electron chi connectivity index (χ0n) is 8.71. The molecule has 0 aliphatic carbocycles. The summed E-state index contributed by atoms with van der Waals surface area (Å²) in [4.78, 5) is 9.24. The van der Waals surface area contributed by atoms with Crippen molar-refractivity contribution in [1.29, 1.82) is 5.26 Å². The Labute approximate surface area is 98.2 Å². The van der Waals surface area contributed by atoms with E-state index in [4.69, 9.17) is 5.26 Å². The van der Waals surface area contributed by atoms with Gasteiger partial charge in [-0.25, -0.2) is 0 Å². The molecule has 0 radical (unpaired) electrons. The van der Waals surface area contributed by atoms with Crippen molar-refractivity contribution in [3.63, 3.8) is 0 Å². The van der Waals surface area contributed by atoms with Crippen LogP contribution in [0.3, 0.4) is 0 Å². The van der Waals surface area contributed by atoms with Crippen LogP contribution in [0.5, 0.6) is 0 Å². The van der Waals surface area contributed by atoms with E-state index in [1.165, 1.54) is 0 Å². The van der Waals surface area contributed by atoms with E-state index in [9.17, 15) is 0 Å². The summed E-state index contributed by atoms with van der Waals surface area (Å²) < 4.78 is 0. The minimum Gasteiger partial charge on any atom is -0.264 e. The van der Waals surface area contributed by atoms with Gasteiger partial charge in [0, 0.05) is 29.0 Å². The average Bonchev–Trinajstić information content (AvgIpc) is 2.39. The van der Waals surface area contributed by atoms with Crippen LogP contribution in [-0.4, -0.2) is 16.2 Å². The quantitative estimate of drug-likeness (QED) is 0.740. The molecule has 0 saturated heterocycles. The van der Waals surface area contributed by atoms with Crippen molar-refractivity contribution >= 4 is 11.8 Å². The fourth-order valence-corrected chi connectivity index (χ4v) is 1.91. The van der Waals surface area contributed by atoms with Crippen LogP contribution in [0.4, 0.5) is 0 Å². The summed E-state index contributed by atoms with van der Waals surface area (Å²) in [6.07, 6.45) is 7.04. The van der Waals surface area contributed by atoms with Crippen LogP contribution in [0.2, 0.25) is 0 Å². The molecule has 0 bridgehead atoms. The van der Waals surface area contributed by atoms with E-state index in [2.05, 4.69) is 16.0 Å². The first kappa shape index (κ1) is 10.7. The Balaban J connectivity index is 2.49. The van der Waals surface area contributed by atoms with Crippen molar-refractivity contribution in [3.8, 4) is 17.3 Å². The van der Waals surface area contributed by atoms with E-state index in [0.717, 1.165) is 16.2 Å². The summed E-state index contributed by atoms with van der Waals surface area (Å²) in [6, 6.07) is 7.86. The van der Waals surface area contributed by atoms with E-state index in [1.54, 1.807) is 30.4 Å². The summed E-state index contributed by atoms with van der Waals surface area (Å²) >= 11 is 1.55. The van der Waals surface area contributed by atoms with E-state index in [0.29, 0.717) is 5.56 Å². The molecule has 2 rings (SSSR count). The van der Waals surface area contributed by atoms with Crippen molar-refractivity contribution in [2.24, 2.45) is 0 Å². The highest BCUT2D eigenvalue weighted by molar-refractivity contribution is 7.98. The van der Waals surface area contributed by atoms with Gasteiger partial charge < -0.3 is 0 Å². The average molecular weight is 227 g/mol. The molecule has 78 valence electrons. The van der Waals surface area contributed by atoms with Gasteiger partial charge in [0.25, 0.3) is 0 Å². The Morgan fingerprint density at radius 3 is 2.88 bits per heavy atom. The molecule has 0 amide bonds. The molecule has 0 atom stereocenters. The molecule has 2 aromatic heterocycles. The first-order chi connectivity index (χ1) is 7.85. The smallest absolute Gasteiger partial charge is 0.102 e. The van der Waals surface area contributed by atoms with Crippen LogP contribution in [0, 0.1) is 11.3 Å². The molecule has 0 aliphatic heterocycles. The number of nitriles is 1. The van der Waals surface area contributed by atoms with Crippen LogP contribution < -0.4 is 0 Å². The predicted molar refractivity (Wildman–Crippen MR) is 64.0 cm³/mol. The number of thioether (sulfide) groups is 1. The van der Waals surface area contributed by atoms with Gasteiger partial charge in [0.1, 0.15) is 6.07 Å². The molecule has 16 heavy (non-hydrogen) atoms. The summed E-state index contributed by atoms with van der Waals surface area (Å²) in [7, 11) is 0. The number of rotatable bonds is 2. The van der Waals surface area contributed by atoms with Crippen LogP contribution in [-0.2, 0) is 0 Å². The predicted octanol–water partition coefficient (Wildman–Crippen LogP) is 2.74. The van der Waals surface area contributed by atoms with E-state index in [1.807, 2.05) is 24.5 Å². The standard InChI is InChI=1S/C12H9N3S/c1-16-12-5-11(15-8-10(12)6-13)9-3-2-4-14-7-9/h2-5,7-8H,1H3. The zero-order chi connectivity index (χ0) is 11.4. The molecule has 3 nitrogen and oxygen atoms in total. The van der Waals surface area contributed by atoms with Crippen LogP contribution in [0.25, 0.3) is 11.3 Å². The lowest BCUT2D eigenvalue weighted by Gasteiger charge is -2.03. The molecule has 0 saturated carbocycles. The minimum atomic E-state index is 0.611. The summed E-state index contributed by atoms with van der Waals surface area (Å²) in [5, 5.41) is 8.90. The Morgan fingerprint density at radius 2 is 2.25 bits per heavy atom. The minimum absolute atomic E-state index is 0.611. The maximum Gasteiger partial charge on any atom is 0.102 e. The second kappa shape index (κ2) is 4.77. The third-order valence-corrected chi connectivity index (χ3v) is 2.94. The molecule has 0 spiro atoms. The summed E-state index contributed by atoms with van der Waals surface area (Å²) in [5.41, 5.74) is 2.42. The SMILES string of the molecule is CSc1cc(-c2cccnc2)ncc1C#N. The fourth-order valence-electron chi connectivity index (χ4n) is 1.36. The summed E-state index contributed by atoms with van der Waals surface area (Å²) in [6.45, 7) is 0. The highest BCUT2D eigenvalue weighted by atomic mass is 32.2. The Morgan fingerprint density at radius 1 is 1.38 bits per heavy atom. The highest BCUT2D eigenvalue weighted by Gasteiger charge is 2.05. The maximum atomic E-state index is 8.90. The summed E-state index contributed by atoms with van der Waals surface area (Å²) in [5.74, 6) is 0. The van der Waals surface area contributed by atoms with E-state index >= 15 is 0 Å². The largest absolute Gasteiger partial charge is 0.264 e. The van der Waals surface area contributed by atoms with Crippen LogP contribution >= 0.6 is 11.8 Å². The molecular weight excluding hydrogens is 218 g/mol.